The summed E-state index contributed by atoms with van der Waals surface area (Å²) < 4.78 is 27.5. The Kier molecular flexibility index (Phi) is 6.11. The van der Waals surface area contributed by atoms with Gasteiger partial charge in [-0.05, 0) is 46.3 Å². The van der Waals surface area contributed by atoms with Crippen LogP contribution in [0.15, 0.2) is 57.7 Å². The van der Waals surface area contributed by atoms with Gasteiger partial charge in [0.1, 0.15) is 0 Å². The van der Waals surface area contributed by atoms with Crippen LogP contribution in [-0.2, 0) is 16.6 Å². The Morgan fingerprint density at radius 1 is 1.30 bits per heavy atom. The summed E-state index contributed by atoms with van der Waals surface area (Å²) in [7, 11) is -3.65. The van der Waals surface area contributed by atoms with Crippen LogP contribution in [0, 0.1) is 0 Å². The first-order valence-corrected chi connectivity index (χ1v) is 9.74. The third-order valence-electron chi connectivity index (χ3n) is 2.88. The van der Waals surface area contributed by atoms with E-state index in [-0.39, 0.29) is 17.3 Å². The third kappa shape index (κ3) is 5.00. The van der Waals surface area contributed by atoms with E-state index in [1.165, 1.54) is 29.5 Å². The molecule has 0 atom stereocenters. The maximum atomic E-state index is 12.2. The van der Waals surface area contributed by atoms with Crippen molar-refractivity contribution in [3.05, 3.63) is 63.3 Å². The zero-order valence-electron chi connectivity index (χ0n) is 12.1. The second-order valence-corrected chi connectivity index (χ2v) is 8.87. The molecule has 0 radical (unpaired) electrons. The smallest absolute Gasteiger partial charge is 0.251 e. The van der Waals surface area contributed by atoms with Gasteiger partial charge in [-0.15, -0.1) is 17.9 Å². The molecule has 23 heavy (non-hydrogen) atoms. The van der Waals surface area contributed by atoms with Crippen molar-refractivity contribution >= 4 is 43.2 Å². The summed E-state index contributed by atoms with van der Waals surface area (Å²) in [6.07, 6.45) is 1.45. The quantitative estimate of drug-likeness (QED) is 0.683. The Morgan fingerprint density at radius 3 is 2.74 bits per heavy atom. The summed E-state index contributed by atoms with van der Waals surface area (Å²) in [6.45, 7) is 3.99. The number of halogens is 1. The van der Waals surface area contributed by atoms with Crippen LogP contribution in [-0.4, -0.2) is 20.9 Å². The number of thiophene rings is 1. The predicted octanol–water partition coefficient (Wildman–Crippen LogP) is 2.90. The molecule has 122 valence electrons. The van der Waals surface area contributed by atoms with Crippen LogP contribution in [0.4, 0.5) is 0 Å². The summed E-state index contributed by atoms with van der Waals surface area (Å²) in [5.41, 5.74) is 0.294. The number of sulfonamides is 1. The highest BCUT2D eigenvalue weighted by atomic mass is 79.9. The average Bonchev–Trinajstić information content (AvgIpc) is 2.96. The van der Waals surface area contributed by atoms with E-state index >= 15 is 0 Å². The molecule has 8 heteroatoms. The largest absolute Gasteiger partial charge is 0.347 e. The van der Waals surface area contributed by atoms with E-state index in [1.807, 2.05) is 12.1 Å². The molecule has 0 aliphatic rings. The topological polar surface area (TPSA) is 75.3 Å². The standard InChI is InChI=1S/C15H15BrN2O3S2/c1-2-8-18-23(20,21)13-5-3-4-11(9-13)15(19)17-10-12-6-7-14(16)22-12/h2-7,9,18H,1,8,10H2,(H,17,19). The van der Waals surface area contributed by atoms with Crippen LogP contribution < -0.4 is 10.0 Å². The third-order valence-corrected chi connectivity index (χ3v) is 5.92. The molecular formula is C15H15BrN2O3S2. The molecule has 2 N–H and O–H groups in total. The Hall–Kier alpha value is -1.48. The summed E-state index contributed by atoms with van der Waals surface area (Å²) in [4.78, 5) is 13.2. The number of amides is 1. The fraction of sp³-hybridized carbons (Fsp3) is 0.133. The normalized spacial score (nSPS) is 11.2. The van der Waals surface area contributed by atoms with Crippen molar-refractivity contribution < 1.29 is 13.2 Å². The summed E-state index contributed by atoms with van der Waals surface area (Å²) in [5, 5.41) is 2.77. The van der Waals surface area contributed by atoms with E-state index in [0.29, 0.717) is 12.1 Å². The summed E-state index contributed by atoms with van der Waals surface area (Å²) in [5.74, 6) is -0.324. The molecule has 1 amide bonds. The van der Waals surface area contributed by atoms with Crippen molar-refractivity contribution in [1.82, 2.24) is 10.0 Å². The number of hydrogen-bond acceptors (Lipinski definition) is 4. The molecular weight excluding hydrogens is 400 g/mol. The number of carbonyl (C=O) groups excluding carboxylic acids is 1. The highest BCUT2D eigenvalue weighted by Gasteiger charge is 2.15. The van der Waals surface area contributed by atoms with Crippen LogP contribution in [0.1, 0.15) is 15.2 Å². The van der Waals surface area contributed by atoms with Crippen molar-refractivity contribution in [3.63, 3.8) is 0 Å². The predicted molar refractivity (Wildman–Crippen MR) is 95.0 cm³/mol. The molecule has 0 unspecified atom stereocenters. The van der Waals surface area contributed by atoms with Crippen molar-refractivity contribution in [1.29, 1.82) is 0 Å². The number of hydrogen-bond donors (Lipinski definition) is 2. The molecule has 0 spiro atoms. The number of rotatable bonds is 7. The zero-order chi connectivity index (χ0) is 16.9. The molecule has 0 aliphatic carbocycles. The van der Waals surface area contributed by atoms with Crippen LogP contribution >= 0.6 is 27.3 Å². The molecule has 2 aromatic rings. The lowest BCUT2D eigenvalue weighted by atomic mass is 10.2. The zero-order valence-corrected chi connectivity index (χ0v) is 15.3. The number of nitrogens with one attached hydrogen (secondary N) is 2. The van der Waals surface area contributed by atoms with Gasteiger partial charge in [0.15, 0.2) is 0 Å². The fourth-order valence-corrected chi connectivity index (χ4v) is 4.24. The van der Waals surface area contributed by atoms with Crippen molar-refractivity contribution in [3.8, 4) is 0 Å². The van der Waals surface area contributed by atoms with Gasteiger partial charge >= 0.3 is 0 Å². The van der Waals surface area contributed by atoms with Gasteiger partial charge in [-0.1, -0.05) is 12.1 Å². The Balaban J connectivity index is 2.09. The Bertz CT molecular complexity index is 816. The van der Waals surface area contributed by atoms with Gasteiger partial charge in [0.25, 0.3) is 5.91 Å². The fourth-order valence-electron chi connectivity index (χ4n) is 1.77. The van der Waals surface area contributed by atoms with Crippen molar-refractivity contribution in [2.45, 2.75) is 11.4 Å². The van der Waals surface area contributed by atoms with Gasteiger partial charge in [0.05, 0.1) is 15.2 Å². The molecule has 5 nitrogen and oxygen atoms in total. The maximum Gasteiger partial charge on any atom is 0.251 e. The van der Waals surface area contributed by atoms with Crippen molar-refractivity contribution in [2.75, 3.05) is 6.54 Å². The molecule has 1 aromatic carbocycles. The van der Waals surface area contributed by atoms with Gasteiger partial charge in [0.2, 0.25) is 10.0 Å². The van der Waals surface area contributed by atoms with Crippen molar-refractivity contribution in [2.24, 2.45) is 0 Å². The molecule has 0 saturated carbocycles. The van der Waals surface area contributed by atoms with Crippen LogP contribution in [0.3, 0.4) is 0 Å². The minimum atomic E-state index is -3.65. The minimum absolute atomic E-state index is 0.0471. The van der Waals surface area contributed by atoms with Gasteiger partial charge in [-0.3, -0.25) is 4.79 Å². The second kappa shape index (κ2) is 7.87. The minimum Gasteiger partial charge on any atom is -0.347 e. The Morgan fingerprint density at radius 2 is 2.09 bits per heavy atom. The molecule has 1 heterocycles. The number of carbonyl (C=O) groups is 1. The lowest BCUT2D eigenvalue weighted by molar-refractivity contribution is 0.0951. The lowest BCUT2D eigenvalue weighted by Gasteiger charge is -2.07. The van der Waals surface area contributed by atoms with Crippen LogP contribution in [0.25, 0.3) is 0 Å². The van der Waals surface area contributed by atoms with E-state index in [0.717, 1.165) is 8.66 Å². The molecule has 0 saturated heterocycles. The maximum absolute atomic E-state index is 12.2. The highest BCUT2D eigenvalue weighted by molar-refractivity contribution is 9.11. The monoisotopic (exact) mass is 414 g/mol. The molecule has 1 aromatic heterocycles. The number of benzene rings is 1. The van der Waals surface area contributed by atoms with E-state index in [4.69, 9.17) is 0 Å². The summed E-state index contributed by atoms with van der Waals surface area (Å²) in [6, 6.07) is 9.73. The van der Waals surface area contributed by atoms with Gasteiger partial charge in [0, 0.05) is 17.0 Å². The van der Waals surface area contributed by atoms with Gasteiger partial charge < -0.3 is 5.32 Å². The van der Waals surface area contributed by atoms with Gasteiger partial charge in [-0.2, -0.15) is 0 Å². The first-order valence-electron chi connectivity index (χ1n) is 6.65. The Labute approximate surface area is 147 Å². The van der Waals surface area contributed by atoms with Gasteiger partial charge in [-0.25, -0.2) is 13.1 Å². The van der Waals surface area contributed by atoms with Crippen LogP contribution in [0.2, 0.25) is 0 Å². The summed E-state index contributed by atoms with van der Waals surface area (Å²) >= 11 is 4.89. The van der Waals surface area contributed by atoms with E-state index in [9.17, 15) is 13.2 Å². The average molecular weight is 415 g/mol. The molecule has 0 bridgehead atoms. The van der Waals surface area contributed by atoms with Crippen LogP contribution in [0.5, 0.6) is 0 Å². The SMILES string of the molecule is C=CCNS(=O)(=O)c1cccc(C(=O)NCc2ccc(Br)s2)c1. The molecule has 2 rings (SSSR count). The van der Waals surface area contributed by atoms with E-state index in [1.54, 1.807) is 12.1 Å². The molecule has 0 aliphatic heterocycles. The first-order chi connectivity index (χ1) is 10.9. The van der Waals surface area contributed by atoms with E-state index < -0.39 is 10.0 Å². The highest BCUT2D eigenvalue weighted by Crippen LogP contribution is 2.21. The molecule has 0 fully saturated rings. The lowest BCUT2D eigenvalue weighted by Crippen LogP contribution is -2.25. The first kappa shape index (κ1) is 17.9. The van der Waals surface area contributed by atoms with E-state index in [2.05, 4.69) is 32.5 Å². The second-order valence-electron chi connectivity index (χ2n) is 4.56.